The van der Waals surface area contributed by atoms with E-state index in [1.165, 1.54) is 5.69 Å². The number of nitrogens with one attached hydrogen (secondary N) is 2. The van der Waals surface area contributed by atoms with Gasteiger partial charge < -0.3 is 20.4 Å². The minimum absolute atomic E-state index is 0.0660. The van der Waals surface area contributed by atoms with Crippen LogP contribution in [0, 0.1) is 0 Å². The van der Waals surface area contributed by atoms with Crippen molar-refractivity contribution < 1.29 is 4.79 Å². The molecule has 0 atom stereocenters. The number of carbonyl (C=O) groups excluding carboxylic acids is 1. The first-order chi connectivity index (χ1) is 14.6. The van der Waals surface area contributed by atoms with Crippen LogP contribution in [-0.4, -0.2) is 61.0 Å². The highest BCUT2D eigenvalue weighted by Gasteiger charge is 2.21. The number of benzene rings is 1. The fraction of sp³-hybridized carbons (Fsp3) is 0.500. The lowest BCUT2D eigenvalue weighted by molar-refractivity contribution is -0.129. The van der Waals surface area contributed by atoms with Crippen LogP contribution in [0.5, 0.6) is 0 Å². The van der Waals surface area contributed by atoms with Crippen molar-refractivity contribution in [1.82, 2.24) is 20.5 Å². The van der Waals surface area contributed by atoms with E-state index in [9.17, 15) is 4.79 Å². The van der Waals surface area contributed by atoms with E-state index in [0.717, 1.165) is 43.4 Å². The summed E-state index contributed by atoms with van der Waals surface area (Å²) in [6.07, 6.45) is 0. The summed E-state index contributed by atoms with van der Waals surface area (Å²) >= 11 is 1.65. The zero-order valence-electron chi connectivity index (χ0n) is 18.1. The first-order valence-corrected chi connectivity index (χ1v) is 11.5. The van der Waals surface area contributed by atoms with Gasteiger partial charge in [-0.2, -0.15) is 0 Å². The maximum atomic E-state index is 12.6. The number of rotatable bonds is 7. The lowest BCUT2D eigenvalue weighted by Gasteiger charge is -2.36. The van der Waals surface area contributed by atoms with E-state index < -0.39 is 0 Å². The molecule has 7 nitrogen and oxygen atoms in total. The molecule has 30 heavy (non-hydrogen) atoms. The maximum Gasteiger partial charge on any atom is 0.244 e. The van der Waals surface area contributed by atoms with Crippen molar-refractivity contribution in [3.05, 3.63) is 46.4 Å². The van der Waals surface area contributed by atoms with Crippen molar-refractivity contribution in [2.75, 3.05) is 44.2 Å². The molecule has 1 aliphatic heterocycles. The second-order valence-corrected chi connectivity index (χ2v) is 8.52. The Hall–Kier alpha value is -2.61. The maximum absolute atomic E-state index is 12.6. The van der Waals surface area contributed by atoms with Crippen LogP contribution in [0.4, 0.5) is 5.69 Å². The molecular weight excluding hydrogens is 396 g/mol. The average molecular weight is 429 g/mol. The Morgan fingerprint density at radius 1 is 1.17 bits per heavy atom. The molecule has 0 unspecified atom stereocenters. The van der Waals surface area contributed by atoms with E-state index in [1.807, 2.05) is 30.0 Å². The fourth-order valence-corrected chi connectivity index (χ4v) is 4.17. The van der Waals surface area contributed by atoms with E-state index in [1.54, 1.807) is 11.3 Å². The second-order valence-electron chi connectivity index (χ2n) is 7.57. The van der Waals surface area contributed by atoms with E-state index in [-0.39, 0.29) is 12.5 Å². The molecule has 1 aliphatic rings. The van der Waals surface area contributed by atoms with Crippen molar-refractivity contribution in [3.63, 3.8) is 0 Å². The molecule has 0 radical (unpaired) electrons. The van der Waals surface area contributed by atoms with Crippen LogP contribution < -0.4 is 15.5 Å². The van der Waals surface area contributed by atoms with Gasteiger partial charge in [-0.15, -0.1) is 11.3 Å². The van der Waals surface area contributed by atoms with Crippen LogP contribution in [0.1, 0.15) is 37.4 Å². The topological polar surface area (TPSA) is 72.9 Å². The number of carbonyl (C=O) groups is 1. The van der Waals surface area contributed by atoms with Crippen LogP contribution in [0.25, 0.3) is 0 Å². The molecule has 2 aromatic rings. The molecule has 162 valence electrons. The van der Waals surface area contributed by atoms with Crippen molar-refractivity contribution in [2.45, 2.75) is 33.2 Å². The SMILES string of the molecule is CCNC(=NCC(=O)N1CCN(c2ccccc2)CC1)NCc1nc(C(C)C)cs1. The molecular formula is C22H32N6OS. The minimum atomic E-state index is 0.0660. The van der Waals surface area contributed by atoms with E-state index in [2.05, 4.69) is 56.9 Å². The predicted octanol–water partition coefficient (Wildman–Crippen LogP) is 2.67. The molecule has 2 heterocycles. The summed E-state index contributed by atoms with van der Waals surface area (Å²) < 4.78 is 0. The van der Waals surface area contributed by atoms with Crippen molar-refractivity contribution in [3.8, 4) is 0 Å². The van der Waals surface area contributed by atoms with E-state index in [4.69, 9.17) is 0 Å². The molecule has 2 N–H and O–H groups in total. The van der Waals surface area contributed by atoms with Gasteiger partial charge in [0.05, 0.1) is 12.2 Å². The van der Waals surface area contributed by atoms with Gasteiger partial charge >= 0.3 is 0 Å². The lowest BCUT2D eigenvalue weighted by atomic mass is 10.2. The summed E-state index contributed by atoms with van der Waals surface area (Å²) in [4.78, 5) is 26.0. The number of guanidine groups is 1. The van der Waals surface area contributed by atoms with E-state index >= 15 is 0 Å². The van der Waals surface area contributed by atoms with Gasteiger partial charge in [-0.1, -0.05) is 32.0 Å². The Morgan fingerprint density at radius 3 is 2.53 bits per heavy atom. The Morgan fingerprint density at radius 2 is 1.90 bits per heavy atom. The minimum Gasteiger partial charge on any atom is -0.368 e. The molecule has 0 saturated carbocycles. The quantitative estimate of drug-likeness (QED) is 0.524. The highest BCUT2D eigenvalue weighted by atomic mass is 32.1. The van der Waals surface area contributed by atoms with Crippen LogP contribution in [0.2, 0.25) is 0 Å². The standard InChI is InChI=1S/C22H32N6OS/c1-4-23-22(24-14-20-26-19(16-30-20)17(2)3)25-15-21(29)28-12-10-27(11-13-28)18-8-6-5-7-9-18/h5-9,16-17H,4,10-15H2,1-3H3,(H2,23,24,25). The normalized spacial score (nSPS) is 14.9. The Balaban J connectivity index is 1.48. The number of thiazole rings is 1. The van der Waals surface area contributed by atoms with Crippen LogP contribution >= 0.6 is 11.3 Å². The average Bonchev–Trinajstić information content (AvgIpc) is 3.26. The van der Waals surface area contributed by atoms with Crippen LogP contribution in [0.15, 0.2) is 40.7 Å². The third-order valence-electron chi connectivity index (χ3n) is 5.04. The second kappa shape index (κ2) is 11.0. The summed E-state index contributed by atoms with van der Waals surface area (Å²) in [6, 6.07) is 10.3. The summed E-state index contributed by atoms with van der Waals surface area (Å²) in [5, 5.41) is 9.61. The van der Waals surface area contributed by atoms with Gasteiger partial charge in [0.15, 0.2) is 5.96 Å². The summed E-state index contributed by atoms with van der Waals surface area (Å²) in [6.45, 7) is 10.9. The Kier molecular flexibility index (Phi) is 8.07. The zero-order chi connectivity index (χ0) is 21.3. The highest BCUT2D eigenvalue weighted by Crippen LogP contribution is 2.17. The van der Waals surface area contributed by atoms with Crippen molar-refractivity contribution >= 4 is 28.9 Å². The van der Waals surface area contributed by atoms with Crippen molar-refractivity contribution in [1.29, 1.82) is 0 Å². The zero-order valence-corrected chi connectivity index (χ0v) is 18.9. The largest absolute Gasteiger partial charge is 0.368 e. The number of aliphatic imine (C=N–C) groups is 1. The van der Waals surface area contributed by atoms with Crippen LogP contribution in [-0.2, 0) is 11.3 Å². The van der Waals surface area contributed by atoms with Gasteiger partial charge in [0, 0.05) is 43.8 Å². The first kappa shape index (κ1) is 22.1. The van der Waals surface area contributed by atoms with E-state index in [0.29, 0.717) is 18.4 Å². The summed E-state index contributed by atoms with van der Waals surface area (Å²) in [5.74, 6) is 1.14. The van der Waals surface area contributed by atoms with Gasteiger partial charge in [-0.25, -0.2) is 9.98 Å². The first-order valence-electron chi connectivity index (χ1n) is 10.6. The molecule has 3 rings (SSSR count). The number of anilines is 1. The third-order valence-corrected chi connectivity index (χ3v) is 5.91. The number of hydrogen-bond donors (Lipinski definition) is 2. The smallest absolute Gasteiger partial charge is 0.244 e. The number of hydrogen-bond acceptors (Lipinski definition) is 5. The van der Waals surface area contributed by atoms with Gasteiger partial charge in [-0.3, -0.25) is 4.79 Å². The van der Waals surface area contributed by atoms with Crippen LogP contribution in [0.3, 0.4) is 0 Å². The summed E-state index contributed by atoms with van der Waals surface area (Å²) in [7, 11) is 0. The lowest BCUT2D eigenvalue weighted by Crippen LogP contribution is -2.49. The Bertz CT molecular complexity index is 827. The third kappa shape index (κ3) is 6.19. The molecule has 0 aliphatic carbocycles. The van der Waals surface area contributed by atoms with Gasteiger partial charge in [0.25, 0.3) is 0 Å². The number of nitrogens with zero attached hydrogens (tertiary/aromatic N) is 4. The molecule has 0 spiro atoms. The summed E-state index contributed by atoms with van der Waals surface area (Å²) in [5.41, 5.74) is 2.33. The monoisotopic (exact) mass is 428 g/mol. The number of para-hydroxylation sites is 1. The predicted molar refractivity (Wildman–Crippen MR) is 124 cm³/mol. The number of aromatic nitrogens is 1. The van der Waals surface area contributed by atoms with Gasteiger partial charge in [0.2, 0.25) is 5.91 Å². The molecule has 1 saturated heterocycles. The highest BCUT2D eigenvalue weighted by molar-refractivity contribution is 7.09. The molecule has 1 fully saturated rings. The Labute approximate surface area is 183 Å². The molecule has 1 aromatic heterocycles. The molecule has 0 bridgehead atoms. The molecule has 1 aromatic carbocycles. The molecule has 1 amide bonds. The van der Waals surface area contributed by atoms with Gasteiger partial charge in [-0.05, 0) is 25.0 Å². The van der Waals surface area contributed by atoms with Crippen molar-refractivity contribution in [2.24, 2.45) is 4.99 Å². The number of piperazine rings is 1. The number of amides is 1. The van der Waals surface area contributed by atoms with Gasteiger partial charge in [0.1, 0.15) is 11.6 Å². The molecule has 8 heteroatoms. The fourth-order valence-electron chi connectivity index (χ4n) is 3.27.